The molecule has 0 saturated heterocycles. The van der Waals surface area contributed by atoms with Gasteiger partial charge in [0, 0.05) is 21.3 Å². The molecule has 1 N–H and O–H groups in total. The Hall–Kier alpha value is -0.830. The van der Waals surface area contributed by atoms with Crippen LogP contribution in [0.25, 0.3) is 10.4 Å². The van der Waals surface area contributed by atoms with Crippen LogP contribution < -0.4 is 5.32 Å². The second-order valence-electron chi connectivity index (χ2n) is 3.95. The zero-order chi connectivity index (χ0) is 12.1. The summed E-state index contributed by atoms with van der Waals surface area (Å²) < 4.78 is 0. The average Bonchev–Trinajstić information content (AvgIpc) is 2.79. The predicted molar refractivity (Wildman–Crippen MR) is 76.8 cm³/mol. The summed E-state index contributed by atoms with van der Waals surface area (Å²) in [5, 5.41) is 4.20. The third-order valence-corrected chi connectivity index (χ3v) is 3.90. The van der Waals surface area contributed by atoms with Gasteiger partial charge < -0.3 is 5.32 Å². The molecular formula is C14H16ClNS. The highest BCUT2D eigenvalue weighted by atomic mass is 35.5. The van der Waals surface area contributed by atoms with Crippen LogP contribution in [0.3, 0.4) is 0 Å². The monoisotopic (exact) mass is 265 g/mol. The Morgan fingerprint density at radius 1 is 1.12 bits per heavy atom. The lowest BCUT2D eigenvalue weighted by molar-refractivity contribution is 0.681. The van der Waals surface area contributed by atoms with Gasteiger partial charge in [-0.2, -0.15) is 0 Å². The van der Waals surface area contributed by atoms with Gasteiger partial charge in [0.05, 0.1) is 0 Å². The molecule has 2 rings (SSSR count). The number of benzene rings is 1. The molecule has 1 aromatic heterocycles. The molecule has 0 saturated carbocycles. The van der Waals surface area contributed by atoms with Gasteiger partial charge in [-0.25, -0.2) is 0 Å². The first-order chi connectivity index (χ1) is 8.29. The lowest BCUT2D eigenvalue weighted by atomic mass is 10.2. The molecule has 0 aliphatic carbocycles. The Kier molecular flexibility index (Phi) is 4.60. The molecule has 0 aliphatic heterocycles. The molecule has 3 heteroatoms. The number of nitrogens with one attached hydrogen (secondary N) is 1. The molecule has 0 aliphatic rings. The van der Waals surface area contributed by atoms with Crippen LogP contribution in [-0.4, -0.2) is 6.54 Å². The van der Waals surface area contributed by atoms with E-state index in [9.17, 15) is 0 Å². The van der Waals surface area contributed by atoms with Crippen LogP contribution in [0.15, 0.2) is 36.4 Å². The van der Waals surface area contributed by atoms with Crippen molar-refractivity contribution in [3.05, 3.63) is 46.3 Å². The largest absolute Gasteiger partial charge is 0.312 e. The fourth-order valence-electron chi connectivity index (χ4n) is 1.63. The van der Waals surface area contributed by atoms with Crippen LogP contribution in [0.4, 0.5) is 0 Å². The fraction of sp³-hybridized carbons (Fsp3) is 0.286. The summed E-state index contributed by atoms with van der Waals surface area (Å²) in [5.41, 5.74) is 1.24. The van der Waals surface area contributed by atoms with Gasteiger partial charge in [-0.3, -0.25) is 0 Å². The Bertz CT molecular complexity index is 461. The van der Waals surface area contributed by atoms with Crippen molar-refractivity contribution in [1.29, 1.82) is 0 Å². The van der Waals surface area contributed by atoms with E-state index < -0.39 is 0 Å². The van der Waals surface area contributed by atoms with Crippen LogP contribution in [0.2, 0.25) is 5.02 Å². The van der Waals surface area contributed by atoms with Gasteiger partial charge in [0.1, 0.15) is 0 Å². The number of hydrogen-bond acceptors (Lipinski definition) is 2. The number of rotatable bonds is 5. The number of hydrogen-bond donors (Lipinski definition) is 1. The van der Waals surface area contributed by atoms with E-state index in [1.165, 1.54) is 21.7 Å². The van der Waals surface area contributed by atoms with Crippen molar-refractivity contribution in [3.8, 4) is 10.4 Å². The molecule has 2 aromatic rings. The quantitative estimate of drug-likeness (QED) is 0.781. The minimum Gasteiger partial charge on any atom is -0.312 e. The van der Waals surface area contributed by atoms with Gasteiger partial charge in [0.25, 0.3) is 0 Å². The summed E-state index contributed by atoms with van der Waals surface area (Å²) in [6, 6.07) is 12.4. The van der Waals surface area contributed by atoms with Gasteiger partial charge in [0.2, 0.25) is 0 Å². The second kappa shape index (κ2) is 6.20. The van der Waals surface area contributed by atoms with Crippen molar-refractivity contribution < 1.29 is 0 Å². The molecule has 0 unspecified atom stereocenters. The van der Waals surface area contributed by atoms with Gasteiger partial charge in [-0.05, 0) is 42.8 Å². The average molecular weight is 266 g/mol. The van der Waals surface area contributed by atoms with E-state index in [1.54, 1.807) is 0 Å². The molecule has 0 fully saturated rings. The zero-order valence-corrected chi connectivity index (χ0v) is 11.4. The number of thiophene rings is 1. The highest BCUT2D eigenvalue weighted by Gasteiger charge is 2.02. The van der Waals surface area contributed by atoms with E-state index in [0.29, 0.717) is 0 Å². The summed E-state index contributed by atoms with van der Waals surface area (Å²) in [6.45, 7) is 4.22. The van der Waals surface area contributed by atoms with Crippen LogP contribution in [-0.2, 0) is 6.54 Å². The summed E-state index contributed by atoms with van der Waals surface area (Å²) in [7, 11) is 0. The smallest absolute Gasteiger partial charge is 0.0406 e. The summed E-state index contributed by atoms with van der Waals surface area (Å²) >= 11 is 7.72. The van der Waals surface area contributed by atoms with Crippen molar-refractivity contribution in [1.82, 2.24) is 5.32 Å². The van der Waals surface area contributed by atoms with E-state index in [1.807, 2.05) is 23.5 Å². The third-order valence-electron chi connectivity index (χ3n) is 2.52. The standard InChI is InChI=1S/C14H16ClNS/c1-2-9-16-10-13-7-8-14(17-13)11-3-5-12(15)6-4-11/h3-8,16H,2,9-10H2,1H3. The lowest BCUT2D eigenvalue weighted by Gasteiger charge is -1.99. The maximum atomic E-state index is 5.88. The minimum absolute atomic E-state index is 0.787. The molecule has 0 atom stereocenters. The fourth-order valence-corrected chi connectivity index (χ4v) is 2.74. The van der Waals surface area contributed by atoms with Gasteiger partial charge in [0.15, 0.2) is 0 Å². The first kappa shape index (κ1) is 12.6. The highest BCUT2D eigenvalue weighted by Crippen LogP contribution is 2.28. The molecule has 90 valence electrons. The van der Waals surface area contributed by atoms with Gasteiger partial charge >= 0.3 is 0 Å². The highest BCUT2D eigenvalue weighted by molar-refractivity contribution is 7.15. The van der Waals surface area contributed by atoms with Crippen molar-refractivity contribution in [2.45, 2.75) is 19.9 Å². The third kappa shape index (κ3) is 3.56. The van der Waals surface area contributed by atoms with Crippen molar-refractivity contribution >= 4 is 22.9 Å². The molecular weight excluding hydrogens is 250 g/mol. The zero-order valence-electron chi connectivity index (χ0n) is 9.87. The van der Waals surface area contributed by atoms with Crippen molar-refractivity contribution in [2.24, 2.45) is 0 Å². The molecule has 17 heavy (non-hydrogen) atoms. The van der Waals surface area contributed by atoms with Crippen molar-refractivity contribution in [2.75, 3.05) is 6.54 Å². The van der Waals surface area contributed by atoms with E-state index >= 15 is 0 Å². The Labute approximate surface area is 111 Å². The SMILES string of the molecule is CCCNCc1ccc(-c2ccc(Cl)cc2)s1. The molecule has 0 radical (unpaired) electrons. The number of halogens is 1. The summed E-state index contributed by atoms with van der Waals surface area (Å²) in [5.74, 6) is 0. The molecule has 1 nitrogen and oxygen atoms in total. The van der Waals surface area contributed by atoms with Gasteiger partial charge in [-0.1, -0.05) is 30.7 Å². The van der Waals surface area contributed by atoms with E-state index in [4.69, 9.17) is 11.6 Å². The molecule has 1 aromatic carbocycles. The van der Waals surface area contributed by atoms with Crippen LogP contribution >= 0.6 is 22.9 Å². The van der Waals surface area contributed by atoms with E-state index in [2.05, 4.69) is 36.5 Å². The first-order valence-electron chi connectivity index (χ1n) is 5.85. The lowest BCUT2D eigenvalue weighted by Crippen LogP contribution is -2.12. The second-order valence-corrected chi connectivity index (χ2v) is 5.55. The topological polar surface area (TPSA) is 12.0 Å². The molecule has 0 bridgehead atoms. The normalized spacial score (nSPS) is 10.7. The Morgan fingerprint density at radius 2 is 1.88 bits per heavy atom. The first-order valence-corrected chi connectivity index (χ1v) is 7.04. The maximum absolute atomic E-state index is 5.88. The van der Waals surface area contributed by atoms with Crippen molar-refractivity contribution in [3.63, 3.8) is 0 Å². The Morgan fingerprint density at radius 3 is 2.59 bits per heavy atom. The summed E-state index contributed by atoms with van der Waals surface area (Å²) in [6.07, 6.45) is 1.18. The van der Waals surface area contributed by atoms with Crippen LogP contribution in [0, 0.1) is 0 Å². The molecule has 1 heterocycles. The summed E-state index contributed by atoms with van der Waals surface area (Å²) in [4.78, 5) is 2.68. The minimum atomic E-state index is 0.787. The molecule has 0 amide bonds. The Balaban J connectivity index is 2.04. The van der Waals surface area contributed by atoms with Crippen LogP contribution in [0.1, 0.15) is 18.2 Å². The van der Waals surface area contributed by atoms with E-state index in [0.717, 1.165) is 18.1 Å². The predicted octanol–water partition coefficient (Wildman–Crippen LogP) is 4.57. The molecule has 0 spiro atoms. The maximum Gasteiger partial charge on any atom is 0.0406 e. The van der Waals surface area contributed by atoms with Gasteiger partial charge in [-0.15, -0.1) is 11.3 Å². The van der Waals surface area contributed by atoms with Crippen LogP contribution in [0.5, 0.6) is 0 Å². The van der Waals surface area contributed by atoms with E-state index in [-0.39, 0.29) is 0 Å².